The minimum absolute atomic E-state index is 0.0469. The van der Waals surface area contributed by atoms with E-state index in [0.717, 1.165) is 53.5 Å². The maximum Gasteiger partial charge on any atom is 0.309 e. The number of esters is 1. The van der Waals surface area contributed by atoms with Crippen LogP contribution in [-0.4, -0.2) is 52.3 Å². The maximum atomic E-state index is 13.4. The fraction of sp³-hybridized carbons (Fsp3) is 0.355. The molecule has 2 saturated heterocycles. The van der Waals surface area contributed by atoms with Crippen LogP contribution in [0.25, 0.3) is 17.0 Å². The number of rotatable bonds is 8. The Hall–Kier alpha value is -3.23. The molecule has 8 heteroatoms. The third-order valence-corrected chi connectivity index (χ3v) is 8.62. The summed E-state index contributed by atoms with van der Waals surface area (Å²) in [4.78, 5) is 35.3. The molecule has 1 amide bonds. The van der Waals surface area contributed by atoms with Gasteiger partial charge in [0, 0.05) is 30.6 Å². The lowest BCUT2D eigenvalue weighted by molar-refractivity contribution is -0.148. The summed E-state index contributed by atoms with van der Waals surface area (Å²) in [5.41, 5.74) is 4.22. The second kappa shape index (κ2) is 12.3. The van der Waals surface area contributed by atoms with Crippen molar-refractivity contribution in [1.82, 2.24) is 9.88 Å². The van der Waals surface area contributed by atoms with Crippen molar-refractivity contribution in [2.75, 3.05) is 31.1 Å². The molecule has 5 rings (SSSR count). The van der Waals surface area contributed by atoms with Gasteiger partial charge in [0.15, 0.2) is 0 Å². The van der Waals surface area contributed by atoms with E-state index in [2.05, 4.69) is 42.2 Å². The predicted molar refractivity (Wildman–Crippen MR) is 163 cm³/mol. The lowest BCUT2D eigenvalue weighted by atomic mass is 9.96. The molecule has 0 unspecified atom stereocenters. The Morgan fingerprint density at radius 1 is 1.15 bits per heavy atom. The Labute approximate surface area is 239 Å². The summed E-state index contributed by atoms with van der Waals surface area (Å²) < 4.78 is 5.85. The number of carbonyl (C=O) groups excluding carboxylic acids is 2. The molecule has 0 atom stereocenters. The van der Waals surface area contributed by atoms with Crippen LogP contribution in [0, 0.1) is 12.8 Å². The number of hydrogen-bond donors (Lipinski definition) is 0. The molecule has 39 heavy (non-hydrogen) atoms. The summed E-state index contributed by atoms with van der Waals surface area (Å²) in [5.74, 6) is 0.590. The van der Waals surface area contributed by atoms with E-state index in [-0.39, 0.29) is 17.8 Å². The van der Waals surface area contributed by atoms with Gasteiger partial charge in [0.05, 0.1) is 22.9 Å². The van der Waals surface area contributed by atoms with Gasteiger partial charge in [-0.25, -0.2) is 4.98 Å². The highest BCUT2D eigenvalue weighted by atomic mass is 32.2. The number of hydrogen-bond acceptors (Lipinski definition) is 7. The average Bonchev–Trinajstić information content (AvgIpc) is 3.21. The molecule has 0 aliphatic carbocycles. The smallest absolute Gasteiger partial charge is 0.309 e. The maximum absolute atomic E-state index is 13.4. The highest BCUT2D eigenvalue weighted by molar-refractivity contribution is 8.26. The number of amides is 1. The van der Waals surface area contributed by atoms with E-state index in [1.54, 1.807) is 4.90 Å². The first-order chi connectivity index (χ1) is 18.9. The van der Waals surface area contributed by atoms with Gasteiger partial charge in [-0.1, -0.05) is 65.9 Å². The lowest BCUT2D eigenvalue weighted by Crippen LogP contribution is -2.37. The molecule has 1 aromatic heterocycles. The van der Waals surface area contributed by atoms with E-state index in [1.165, 1.54) is 17.3 Å². The third kappa shape index (κ3) is 6.34. The molecule has 3 aromatic rings. The second-order valence-electron chi connectivity index (χ2n) is 10.0. The van der Waals surface area contributed by atoms with E-state index in [4.69, 9.17) is 21.9 Å². The molecule has 2 aliphatic rings. The highest BCUT2D eigenvalue weighted by Gasteiger charge is 2.33. The topological polar surface area (TPSA) is 62.7 Å². The first kappa shape index (κ1) is 27.3. The monoisotopic (exact) mass is 559 g/mol. The average molecular weight is 560 g/mol. The minimum Gasteiger partial charge on any atom is -0.466 e. The van der Waals surface area contributed by atoms with Gasteiger partial charge >= 0.3 is 5.97 Å². The van der Waals surface area contributed by atoms with Crippen molar-refractivity contribution in [2.24, 2.45) is 5.92 Å². The van der Waals surface area contributed by atoms with Crippen molar-refractivity contribution in [3.8, 4) is 0 Å². The van der Waals surface area contributed by atoms with Crippen LogP contribution in [0.15, 0.2) is 59.5 Å². The summed E-state index contributed by atoms with van der Waals surface area (Å²) >= 11 is 6.97. The number of benzene rings is 2. The quantitative estimate of drug-likeness (QED) is 0.186. The molecular weight excluding hydrogens is 526 g/mol. The number of pyridine rings is 1. The van der Waals surface area contributed by atoms with Gasteiger partial charge in [-0.2, -0.15) is 0 Å². The number of ether oxygens (including phenoxy) is 1. The molecular formula is C31H33N3O3S2. The second-order valence-corrected chi connectivity index (χ2v) is 11.7. The fourth-order valence-electron chi connectivity index (χ4n) is 5.17. The number of anilines is 1. The van der Waals surface area contributed by atoms with Crippen LogP contribution in [0.5, 0.6) is 0 Å². The van der Waals surface area contributed by atoms with Gasteiger partial charge in [-0.3, -0.25) is 14.5 Å². The zero-order valence-electron chi connectivity index (χ0n) is 22.4. The Morgan fingerprint density at radius 3 is 2.67 bits per heavy atom. The third-order valence-electron chi connectivity index (χ3n) is 7.24. The summed E-state index contributed by atoms with van der Waals surface area (Å²) in [5, 5.41) is 1.03. The molecule has 3 heterocycles. The standard InChI is InChI=1S/C31H33N3O3S2/c1-3-37-30(36)23-13-16-33(17-14-23)28-25(19-24-18-21(2)11-12-26(24)32-28)20-27-29(35)34(31(38)39-27)15-7-10-22-8-5-4-6-9-22/h4-6,8-9,11-12,18-20,23H,3,7,10,13-17H2,1-2H3/b27-20-. The normalized spacial score (nSPS) is 17.4. The number of carbonyl (C=O) groups is 2. The fourth-order valence-corrected chi connectivity index (χ4v) is 6.47. The number of aryl methyl sites for hydroxylation is 2. The number of fused-ring (bicyclic) bond motifs is 1. The summed E-state index contributed by atoms with van der Waals surface area (Å²) in [6.07, 6.45) is 5.13. The Morgan fingerprint density at radius 2 is 1.92 bits per heavy atom. The molecule has 0 saturated carbocycles. The van der Waals surface area contributed by atoms with E-state index in [9.17, 15) is 9.59 Å². The zero-order chi connectivity index (χ0) is 27.4. The first-order valence-electron chi connectivity index (χ1n) is 13.5. The summed E-state index contributed by atoms with van der Waals surface area (Å²) in [6.45, 7) is 6.31. The van der Waals surface area contributed by atoms with E-state index in [1.807, 2.05) is 37.3 Å². The SMILES string of the molecule is CCOC(=O)C1CCN(c2nc3ccc(C)cc3cc2/C=C2\SC(=S)N(CCCc3ccccc3)C2=O)CC1. The Balaban J connectivity index is 1.38. The van der Waals surface area contributed by atoms with Crippen LogP contribution in [0.1, 0.15) is 42.9 Å². The molecule has 0 spiro atoms. The largest absolute Gasteiger partial charge is 0.466 e. The van der Waals surface area contributed by atoms with Gasteiger partial charge in [0.1, 0.15) is 10.1 Å². The van der Waals surface area contributed by atoms with Gasteiger partial charge in [-0.15, -0.1) is 0 Å². The van der Waals surface area contributed by atoms with Crippen molar-refractivity contribution in [3.63, 3.8) is 0 Å². The van der Waals surface area contributed by atoms with Crippen molar-refractivity contribution in [2.45, 2.75) is 39.5 Å². The molecule has 2 aliphatic heterocycles. The van der Waals surface area contributed by atoms with Gasteiger partial charge in [-0.05, 0) is 69.4 Å². The van der Waals surface area contributed by atoms with Crippen LogP contribution >= 0.6 is 24.0 Å². The number of thioether (sulfide) groups is 1. The predicted octanol–water partition coefficient (Wildman–Crippen LogP) is 6.16. The minimum atomic E-state index is -0.116. The summed E-state index contributed by atoms with van der Waals surface area (Å²) in [7, 11) is 0. The van der Waals surface area contributed by atoms with Crippen molar-refractivity contribution >= 4 is 63.0 Å². The molecule has 6 nitrogen and oxygen atoms in total. The molecule has 2 aromatic carbocycles. The van der Waals surface area contributed by atoms with Gasteiger partial charge in [0.25, 0.3) is 5.91 Å². The highest BCUT2D eigenvalue weighted by Crippen LogP contribution is 2.36. The van der Waals surface area contributed by atoms with Crippen molar-refractivity contribution < 1.29 is 14.3 Å². The lowest BCUT2D eigenvalue weighted by Gasteiger charge is -2.32. The van der Waals surface area contributed by atoms with Crippen LogP contribution in [-0.2, 0) is 20.7 Å². The molecule has 0 bridgehead atoms. The molecule has 0 radical (unpaired) electrons. The van der Waals surface area contributed by atoms with Crippen LogP contribution < -0.4 is 4.90 Å². The van der Waals surface area contributed by atoms with Crippen LogP contribution in [0.3, 0.4) is 0 Å². The van der Waals surface area contributed by atoms with E-state index < -0.39 is 0 Å². The first-order valence-corrected chi connectivity index (χ1v) is 14.8. The van der Waals surface area contributed by atoms with Crippen molar-refractivity contribution in [3.05, 3.63) is 76.2 Å². The van der Waals surface area contributed by atoms with Gasteiger partial charge < -0.3 is 9.64 Å². The number of aromatic nitrogens is 1. The van der Waals surface area contributed by atoms with Crippen molar-refractivity contribution in [1.29, 1.82) is 0 Å². The number of nitrogens with zero attached hydrogens (tertiary/aromatic N) is 3. The van der Waals surface area contributed by atoms with Crippen LogP contribution in [0.4, 0.5) is 5.82 Å². The zero-order valence-corrected chi connectivity index (χ0v) is 24.0. The van der Waals surface area contributed by atoms with Crippen LogP contribution in [0.2, 0.25) is 0 Å². The Kier molecular flexibility index (Phi) is 8.63. The van der Waals surface area contributed by atoms with Gasteiger partial charge in [0.2, 0.25) is 0 Å². The van der Waals surface area contributed by atoms with E-state index in [0.29, 0.717) is 35.5 Å². The number of thiocarbonyl (C=S) groups is 1. The van der Waals surface area contributed by atoms with E-state index >= 15 is 0 Å². The Bertz CT molecular complexity index is 1420. The molecule has 0 N–H and O–H groups in total. The molecule has 2 fully saturated rings. The number of piperidine rings is 1. The summed E-state index contributed by atoms with van der Waals surface area (Å²) in [6, 6.07) is 18.6. The molecule has 202 valence electrons.